The van der Waals surface area contributed by atoms with E-state index < -0.39 is 0 Å². The van der Waals surface area contributed by atoms with Crippen molar-refractivity contribution in [3.8, 4) is 0 Å². The smallest absolute Gasteiger partial charge is 0.0471 e. The molecule has 1 aromatic carbocycles. The Kier molecular flexibility index (Phi) is 3.70. The van der Waals surface area contributed by atoms with E-state index in [1.165, 1.54) is 38.0 Å². The Morgan fingerprint density at radius 1 is 1.37 bits per heavy atom. The van der Waals surface area contributed by atoms with E-state index in [1.807, 2.05) is 12.1 Å². The maximum Gasteiger partial charge on any atom is 0.0471 e. The van der Waals surface area contributed by atoms with Gasteiger partial charge in [-0.15, -0.1) is 0 Å². The second-order valence-electron chi connectivity index (χ2n) is 5.92. The Labute approximate surface area is 120 Å². The fourth-order valence-electron chi connectivity index (χ4n) is 3.38. The number of hydrogen-bond acceptors (Lipinski definition) is 3. The van der Waals surface area contributed by atoms with Gasteiger partial charge in [0.25, 0.3) is 0 Å². The summed E-state index contributed by atoms with van der Waals surface area (Å²) in [6, 6.07) is 7.21. The minimum atomic E-state index is 0.600. The largest absolute Gasteiger partial charge is 0.399 e. The van der Waals surface area contributed by atoms with Crippen LogP contribution in [-0.4, -0.2) is 41.5 Å². The monoisotopic (exact) mass is 279 g/mol. The van der Waals surface area contributed by atoms with E-state index in [9.17, 15) is 0 Å². The molecule has 2 unspecified atom stereocenters. The fraction of sp³-hybridized carbons (Fsp3) is 0.600. The molecule has 2 aliphatic rings. The predicted molar refractivity (Wildman–Crippen MR) is 80.3 cm³/mol. The van der Waals surface area contributed by atoms with Crippen molar-refractivity contribution < 1.29 is 0 Å². The van der Waals surface area contributed by atoms with Gasteiger partial charge in [-0.3, -0.25) is 9.80 Å². The summed E-state index contributed by atoms with van der Waals surface area (Å²) in [5.74, 6) is 0. The molecule has 2 heterocycles. The maximum absolute atomic E-state index is 6.29. The van der Waals surface area contributed by atoms with Gasteiger partial charge < -0.3 is 5.73 Å². The molecular formula is C15H22ClN3. The van der Waals surface area contributed by atoms with Crippen LogP contribution in [0.1, 0.15) is 25.3 Å². The van der Waals surface area contributed by atoms with Gasteiger partial charge in [0.2, 0.25) is 0 Å². The number of piperazine rings is 1. The van der Waals surface area contributed by atoms with Crippen molar-refractivity contribution >= 4 is 17.3 Å². The van der Waals surface area contributed by atoms with Gasteiger partial charge in [0.15, 0.2) is 0 Å². The first-order valence-electron chi connectivity index (χ1n) is 7.15. The maximum atomic E-state index is 6.29. The summed E-state index contributed by atoms with van der Waals surface area (Å²) >= 11 is 6.29. The van der Waals surface area contributed by atoms with E-state index >= 15 is 0 Å². The Balaban J connectivity index is 1.71. The Morgan fingerprint density at radius 2 is 2.21 bits per heavy atom. The van der Waals surface area contributed by atoms with E-state index in [-0.39, 0.29) is 0 Å². The third-order valence-corrected chi connectivity index (χ3v) is 4.87. The molecule has 3 rings (SSSR count). The third kappa shape index (κ3) is 2.73. The van der Waals surface area contributed by atoms with Crippen LogP contribution in [0, 0.1) is 0 Å². The van der Waals surface area contributed by atoms with Crippen molar-refractivity contribution in [1.82, 2.24) is 9.80 Å². The molecule has 0 aromatic heterocycles. The number of fused-ring (bicyclic) bond motifs is 1. The van der Waals surface area contributed by atoms with Crippen molar-refractivity contribution in [2.24, 2.45) is 0 Å². The van der Waals surface area contributed by atoms with Crippen LogP contribution < -0.4 is 5.73 Å². The highest BCUT2D eigenvalue weighted by molar-refractivity contribution is 6.31. The average molecular weight is 280 g/mol. The Bertz CT molecular complexity index is 463. The summed E-state index contributed by atoms with van der Waals surface area (Å²) in [6.07, 6.45) is 2.70. The molecule has 0 bridgehead atoms. The van der Waals surface area contributed by atoms with Crippen LogP contribution in [0.2, 0.25) is 5.02 Å². The molecule has 2 N–H and O–H groups in total. The number of nitrogens with zero attached hydrogens (tertiary/aromatic N) is 2. The van der Waals surface area contributed by atoms with E-state index in [2.05, 4.69) is 22.8 Å². The quantitative estimate of drug-likeness (QED) is 0.845. The molecule has 2 fully saturated rings. The van der Waals surface area contributed by atoms with Gasteiger partial charge in [-0.05, 0) is 44.0 Å². The summed E-state index contributed by atoms with van der Waals surface area (Å²) in [7, 11) is 0. The van der Waals surface area contributed by atoms with Crippen LogP contribution in [0.4, 0.5) is 5.69 Å². The molecule has 0 radical (unpaired) electrons. The molecule has 3 nitrogen and oxygen atoms in total. The van der Waals surface area contributed by atoms with E-state index in [4.69, 9.17) is 17.3 Å². The highest BCUT2D eigenvalue weighted by Gasteiger charge is 2.34. The molecule has 0 saturated carbocycles. The minimum absolute atomic E-state index is 0.600. The lowest BCUT2D eigenvalue weighted by molar-refractivity contribution is 0.0540. The van der Waals surface area contributed by atoms with Gasteiger partial charge in [0.1, 0.15) is 0 Å². The molecule has 0 amide bonds. The summed E-state index contributed by atoms with van der Waals surface area (Å²) in [6.45, 7) is 6.90. The van der Waals surface area contributed by atoms with Crippen molar-refractivity contribution in [1.29, 1.82) is 0 Å². The Hall–Kier alpha value is -0.770. The number of anilines is 1. The number of benzene rings is 1. The number of halogens is 1. The second-order valence-corrected chi connectivity index (χ2v) is 6.33. The summed E-state index contributed by atoms with van der Waals surface area (Å²) in [5.41, 5.74) is 7.68. The highest BCUT2D eigenvalue weighted by Crippen LogP contribution is 2.27. The van der Waals surface area contributed by atoms with Crippen LogP contribution in [-0.2, 0) is 6.54 Å². The number of nitrogens with two attached hydrogens (primary N) is 1. The molecular weight excluding hydrogens is 258 g/mol. The lowest BCUT2D eigenvalue weighted by Gasteiger charge is -2.42. The van der Waals surface area contributed by atoms with Crippen LogP contribution in [0.15, 0.2) is 18.2 Å². The van der Waals surface area contributed by atoms with Gasteiger partial charge in [0, 0.05) is 42.4 Å². The summed E-state index contributed by atoms with van der Waals surface area (Å²) in [4.78, 5) is 5.20. The molecule has 0 spiro atoms. The van der Waals surface area contributed by atoms with E-state index in [0.29, 0.717) is 6.04 Å². The van der Waals surface area contributed by atoms with E-state index in [1.54, 1.807) is 0 Å². The van der Waals surface area contributed by atoms with Crippen LogP contribution >= 0.6 is 11.6 Å². The first-order chi connectivity index (χ1) is 9.13. The van der Waals surface area contributed by atoms with Crippen LogP contribution in [0.25, 0.3) is 0 Å². The van der Waals surface area contributed by atoms with Gasteiger partial charge in [-0.1, -0.05) is 17.7 Å². The zero-order chi connectivity index (χ0) is 13.4. The molecule has 2 saturated heterocycles. The van der Waals surface area contributed by atoms with Crippen molar-refractivity contribution in [3.63, 3.8) is 0 Å². The molecule has 0 aliphatic carbocycles. The zero-order valence-electron chi connectivity index (χ0n) is 11.5. The lowest BCUT2D eigenvalue weighted by Crippen LogP contribution is -2.54. The number of hydrogen-bond donors (Lipinski definition) is 1. The van der Waals surface area contributed by atoms with Crippen molar-refractivity contribution in [2.75, 3.05) is 25.4 Å². The molecule has 2 aliphatic heterocycles. The fourth-order valence-corrected chi connectivity index (χ4v) is 3.63. The van der Waals surface area contributed by atoms with Crippen molar-refractivity contribution in [3.05, 3.63) is 28.8 Å². The standard InChI is InChI=1S/C15H22ClN3/c1-11-8-18-6-2-3-14(18)10-19(11)9-12-4-5-13(17)7-15(12)16/h4-5,7,11,14H,2-3,6,8-10,17H2,1H3. The van der Waals surface area contributed by atoms with Gasteiger partial charge in [0.05, 0.1) is 0 Å². The highest BCUT2D eigenvalue weighted by atomic mass is 35.5. The first-order valence-corrected chi connectivity index (χ1v) is 7.53. The Morgan fingerprint density at radius 3 is 3.00 bits per heavy atom. The number of rotatable bonds is 2. The van der Waals surface area contributed by atoms with Crippen LogP contribution in [0.3, 0.4) is 0 Å². The van der Waals surface area contributed by atoms with Gasteiger partial charge >= 0.3 is 0 Å². The zero-order valence-corrected chi connectivity index (χ0v) is 12.2. The summed E-state index contributed by atoms with van der Waals surface area (Å²) in [5, 5.41) is 0.793. The summed E-state index contributed by atoms with van der Waals surface area (Å²) < 4.78 is 0. The topological polar surface area (TPSA) is 32.5 Å². The van der Waals surface area contributed by atoms with Crippen molar-refractivity contribution in [2.45, 2.75) is 38.4 Å². The normalized spacial score (nSPS) is 28.5. The third-order valence-electron chi connectivity index (χ3n) is 4.52. The number of nitrogen functional groups attached to an aromatic ring is 1. The molecule has 104 valence electrons. The lowest BCUT2D eigenvalue weighted by atomic mass is 10.1. The van der Waals surface area contributed by atoms with E-state index in [0.717, 1.165) is 23.3 Å². The SMILES string of the molecule is CC1CN2CCCC2CN1Cc1ccc(N)cc1Cl. The minimum Gasteiger partial charge on any atom is -0.399 e. The molecule has 4 heteroatoms. The molecule has 1 aromatic rings. The predicted octanol–water partition coefficient (Wildman–Crippen LogP) is 2.59. The molecule has 2 atom stereocenters. The molecule has 19 heavy (non-hydrogen) atoms. The average Bonchev–Trinajstić information content (AvgIpc) is 2.80. The van der Waals surface area contributed by atoms with Crippen LogP contribution in [0.5, 0.6) is 0 Å². The second kappa shape index (κ2) is 5.31. The first kappa shape index (κ1) is 13.2. The van der Waals surface area contributed by atoms with Gasteiger partial charge in [-0.25, -0.2) is 0 Å². The van der Waals surface area contributed by atoms with Gasteiger partial charge in [-0.2, -0.15) is 0 Å².